The van der Waals surface area contributed by atoms with Crippen LogP contribution in [0.4, 0.5) is 0 Å². The average Bonchev–Trinajstić information content (AvgIpc) is 3.08. The van der Waals surface area contributed by atoms with Gasteiger partial charge in [-0.15, -0.1) is 0 Å². The van der Waals surface area contributed by atoms with E-state index in [0.717, 1.165) is 18.4 Å². The second kappa shape index (κ2) is 6.48. The summed E-state index contributed by atoms with van der Waals surface area (Å²) in [5.74, 6) is 1.36. The molecule has 6 heteroatoms. The van der Waals surface area contributed by atoms with Gasteiger partial charge < -0.3 is 9.42 Å². The van der Waals surface area contributed by atoms with Crippen LogP contribution in [0.5, 0.6) is 0 Å². The van der Waals surface area contributed by atoms with Crippen molar-refractivity contribution in [1.82, 2.24) is 15.0 Å². The number of amides is 1. The summed E-state index contributed by atoms with van der Waals surface area (Å²) in [5, 5.41) is 4.66. The van der Waals surface area contributed by atoms with E-state index in [9.17, 15) is 4.79 Å². The number of rotatable bonds is 5. The number of carbonyl (C=O) groups is 1. The molecule has 1 aromatic carbocycles. The van der Waals surface area contributed by atoms with Crippen molar-refractivity contribution in [3.63, 3.8) is 0 Å². The lowest BCUT2D eigenvalue weighted by atomic mass is 10.2. The predicted molar refractivity (Wildman–Crippen MR) is 82.3 cm³/mol. The minimum absolute atomic E-state index is 0.111. The van der Waals surface area contributed by atoms with Crippen molar-refractivity contribution in [3.8, 4) is 0 Å². The van der Waals surface area contributed by atoms with Gasteiger partial charge in [-0.05, 0) is 30.5 Å². The molecule has 1 fully saturated rings. The molecule has 2 aromatic rings. The summed E-state index contributed by atoms with van der Waals surface area (Å²) < 4.78 is 5.36. The van der Waals surface area contributed by atoms with Gasteiger partial charge in [-0.3, -0.25) is 4.79 Å². The maximum atomic E-state index is 12.2. The molecular weight excluding hydrogens is 302 g/mol. The molecular formula is C16H18ClN3O2. The molecule has 3 rings (SSSR count). The Hall–Kier alpha value is -1.88. The van der Waals surface area contributed by atoms with Crippen molar-refractivity contribution in [3.05, 3.63) is 46.6 Å². The van der Waals surface area contributed by atoms with Gasteiger partial charge in [0.05, 0.1) is 0 Å². The lowest BCUT2D eigenvalue weighted by Crippen LogP contribution is -2.27. The SMILES string of the molecule is CCCc1noc(C2CCC(=O)N2Cc2cccc(Cl)c2)n1. The first-order chi connectivity index (χ1) is 10.7. The molecule has 22 heavy (non-hydrogen) atoms. The third-order valence-corrected chi connectivity index (χ3v) is 4.05. The zero-order chi connectivity index (χ0) is 15.5. The second-order valence-corrected chi connectivity index (χ2v) is 5.94. The molecule has 0 N–H and O–H groups in total. The Kier molecular flexibility index (Phi) is 4.43. The van der Waals surface area contributed by atoms with Gasteiger partial charge in [-0.25, -0.2) is 0 Å². The smallest absolute Gasteiger partial charge is 0.249 e. The number of halogens is 1. The van der Waals surface area contributed by atoms with E-state index in [1.54, 1.807) is 4.90 Å². The fourth-order valence-corrected chi connectivity index (χ4v) is 2.96. The molecule has 2 heterocycles. The number of aryl methyl sites for hydroxylation is 1. The van der Waals surface area contributed by atoms with E-state index in [0.29, 0.717) is 36.1 Å². The molecule has 1 aliphatic rings. The second-order valence-electron chi connectivity index (χ2n) is 5.50. The normalized spacial score (nSPS) is 18.2. The average molecular weight is 320 g/mol. The molecule has 1 amide bonds. The van der Waals surface area contributed by atoms with E-state index in [1.807, 2.05) is 24.3 Å². The molecule has 1 unspecified atom stereocenters. The fraction of sp³-hybridized carbons (Fsp3) is 0.438. The summed E-state index contributed by atoms with van der Waals surface area (Å²) in [5.41, 5.74) is 1.00. The highest BCUT2D eigenvalue weighted by Gasteiger charge is 2.35. The number of nitrogens with zero attached hydrogens (tertiary/aromatic N) is 3. The summed E-state index contributed by atoms with van der Waals surface area (Å²) in [7, 11) is 0. The summed E-state index contributed by atoms with van der Waals surface area (Å²) in [6.07, 6.45) is 2.98. The molecule has 0 radical (unpaired) electrons. The van der Waals surface area contributed by atoms with E-state index in [4.69, 9.17) is 16.1 Å². The van der Waals surface area contributed by atoms with Gasteiger partial charge in [0.2, 0.25) is 11.8 Å². The third kappa shape index (κ3) is 3.14. The lowest BCUT2D eigenvalue weighted by Gasteiger charge is -2.22. The van der Waals surface area contributed by atoms with Gasteiger partial charge in [-0.2, -0.15) is 4.98 Å². The van der Waals surface area contributed by atoms with Crippen molar-refractivity contribution in [2.24, 2.45) is 0 Å². The van der Waals surface area contributed by atoms with Gasteiger partial charge in [0.1, 0.15) is 6.04 Å². The van der Waals surface area contributed by atoms with Crippen LogP contribution in [0.15, 0.2) is 28.8 Å². The molecule has 0 saturated carbocycles. The Balaban J connectivity index is 1.79. The van der Waals surface area contributed by atoms with Gasteiger partial charge >= 0.3 is 0 Å². The Morgan fingerprint density at radius 3 is 3.09 bits per heavy atom. The Morgan fingerprint density at radius 1 is 1.45 bits per heavy atom. The van der Waals surface area contributed by atoms with Crippen LogP contribution in [-0.4, -0.2) is 20.9 Å². The first-order valence-corrected chi connectivity index (χ1v) is 7.91. The van der Waals surface area contributed by atoms with Crippen molar-refractivity contribution in [2.75, 3.05) is 0 Å². The van der Waals surface area contributed by atoms with Gasteiger partial charge in [0, 0.05) is 24.4 Å². The van der Waals surface area contributed by atoms with E-state index >= 15 is 0 Å². The van der Waals surface area contributed by atoms with Gasteiger partial charge in [0.15, 0.2) is 5.82 Å². The quantitative estimate of drug-likeness (QED) is 0.845. The fourth-order valence-electron chi connectivity index (χ4n) is 2.75. The summed E-state index contributed by atoms with van der Waals surface area (Å²) in [6, 6.07) is 7.42. The highest BCUT2D eigenvalue weighted by atomic mass is 35.5. The van der Waals surface area contributed by atoms with Crippen LogP contribution < -0.4 is 0 Å². The number of hydrogen-bond donors (Lipinski definition) is 0. The lowest BCUT2D eigenvalue weighted by molar-refractivity contribution is -0.129. The molecule has 0 spiro atoms. The number of carbonyl (C=O) groups excluding carboxylic acids is 1. The minimum Gasteiger partial charge on any atom is -0.337 e. The molecule has 1 aromatic heterocycles. The minimum atomic E-state index is -0.135. The molecule has 1 aliphatic heterocycles. The Labute approximate surface area is 134 Å². The first kappa shape index (κ1) is 15.0. The summed E-state index contributed by atoms with van der Waals surface area (Å²) in [6.45, 7) is 2.58. The molecule has 116 valence electrons. The van der Waals surface area contributed by atoms with Crippen LogP contribution >= 0.6 is 11.6 Å². The van der Waals surface area contributed by atoms with E-state index in [1.165, 1.54) is 0 Å². The third-order valence-electron chi connectivity index (χ3n) is 3.81. The first-order valence-electron chi connectivity index (χ1n) is 7.53. The molecule has 1 atom stereocenters. The maximum absolute atomic E-state index is 12.2. The number of likely N-dealkylation sites (tertiary alicyclic amines) is 1. The maximum Gasteiger partial charge on any atom is 0.249 e. The zero-order valence-corrected chi connectivity index (χ0v) is 13.2. The monoisotopic (exact) mass is 319 g/mol. The van der Waals surface area contributed by atoms with E-state index in [2.05, 4.69) is 17.1 Å². The highest BCUT2D eigenvalue weighted by Crippen LogP contribution is 2.33. The molecule has 0 aliphatic carbocycles. The Bertz CT molecular complexity index is 671. The Morgan fingerprint density at radius 2 is 2.32 bits per heavy atom. The molecule has 1 saturated heterocycles. The molecule has 0 bridgehead atoms. The van der Waals surface area contributed by atoms with Gasteiger partial charge in [-0.1, -0.05) is 35.8 Å². The van der Waals surface area contributed by atoms with Crippen LogP contribution in [0, 0.1) is 0 Å². The van der Waals surface area contributed by atoms with E-state index < -0.39 is 0 Å². The summed E-state index contributed by atoms with van der Waals surface area (Å²) >= 11 is 6.01. The molecule has 5 nitrogen and oxygen atoms in total. The van der Waals surface area contributed by atoms with Crippen molar-refractivity contribution >= 4 is 17.5 Å². The standard InChI is InChI=1S/C16H18ClN3O2/c1-2-4-14-18-16(22-19-14)13-7-8-15(21)20(13)10-11-5-3-6-12(17)9-11/h3,5-6,9,13H,2,4,7-8,10H2,1H3. The van der Waals surface area contributed by atoms with E-state index in [-0.39, 0.29) is 11.9 Å². The summed E-state index contributed by atoms with van der Waals surface area (Å²) in [4.78, 5) is 18.4. The van der Waals surface area contributed by atoms with Crippen LogP contribution in [0.1, 0.15) is 49.5 Å². The van der Waals surface area contributed by atoms with Gasteiger partial charge in [0.25, 0.3) is 0 Å². The number of hydrogen-bond acceptors (Lipinski definition) is 4. The number of aromatic nitrogens is 2. The highest BCUT2D eigenvalue weighted by molar-refractivity contribution is 6.30. The van der Waals surface area contributed by atoms with Crippen molar-refractivity contribution < 1.29 is 9.32 Å². The van der Waals surface area contributed by atoms with Crippen LogP contribution in [-0.2, 0) is 17.8 Å². The van der Waals surface area contributed by atoms with Crippen molar-refractivity contribution in [2.45, 2.75) is 45.2 Å². The van der Waals surface area contributed by atoms with Crippen LogP contribution in [0.2, 0.25) is 5.02 Å². The zero-order valence-electron chi connectivity index (χ0n) is 12.5. The van der Waals surface area contributed by atoms with Crippen LogP contribution in [0.3, 0.4) is 0 Å². The van der Waals surface area contributed by atoms with Crippen molar-refractivity contribution in [1.29, 1.82) is 0 Å². The predicted octanol–water partition coefficient (Wildman–Crippen LogP) is 3.54. The number of benzene rings is 1. The largest absolute Gasteiger partial charge is 0.337 e. The topological polar surface area (TPSA) is 59.2 Å². The van der Waals surface area contributed by atoms with Crippen LogP contribution in [0.25, 0.3) is 0 Å².